The van der Waals surface area contributed by atoms with Crippen molar-refractivity contribution in [3.63, 3.8) is 0 Å². The summed E-state index contributed by atoms with van der Waals surface area (Å²) >= 11 is 0. The molecule has 0 radical (unpaired) electrons. The molecule has 17 heavy (non-hydrogen) atoms. The Kier molecular flexibility index (Phi) is 2.53. The Labute approximate surface area is 98.5 Å². The van der Waals surface area contributed by atoms with Crippen LogP contribution in [0.4, 0.5) is 0 Å². The van der Waals surface area contributed by atoms with Gasteiger partial charge >= 0.3 is 5.69 Å². The van der Waals surface area contributed by atoms with Crippen molar-refractivity contribution in [3.05, 3.63) is 45.1 Å². The van der Waals surface area contributed by atoms with Crippen LogP contribution in [0.15, 0.2) is 16.5 Å². The largest absolute Gasteiger partial charge is 0.805 e. The Morgan fingerprint density at radius 2 is 1.82 bits per heavy atom. The second kappa shape index (κ2) is 3.76. The molecule has 0 atom stereocenters. The van der Waals surface area contributed by atoms with Gasteiger partial charge in [-0.15, -0.1) is 0 Å². The molecule has 0 fully saturated rings. The summed E-state index contributed by atoms with van der Waals surface area (Å²) in [6.45, 7) is 6.65. The van der Waals surface area contributed by atoms with Crippen molar-refractivity contribution in [2.45, 2.75) is 27.7 Å². The minimum atomic E-state index is 0.274. The van der Waals surface area contributed by atoms with Gasteiger partial charge in [-0.1, -0.05) is 0 Å². The molecule has 0 aromatic carbocycles. The van der Waals surface area contributed by atoms with Crippen molar-refractivity contribution in [3.8, 4) is 11.5 Å². The normalized spacial score (nSPS) is 10.8. The van der Waals surface area contributed by atoms with Gasteiger partial charge in [-0.2, -0.15) is 0 Å². The molecule has 0 aliphatic carbocycles. The molecule has 0 bridgehead atoms. The molecule has 0 aliphatic heterocycles. The molecule has 2 heterocycles. The van der Waals surface area contributed by atoms with Gasteiger partial charge < -0.3 is 14.4 Å². The number of hydrogen-bond acceptors (Lipinski definition) is 3. The molecule has 90 valence electrons. The predicted octanol–water partition coefficient (Wildman–Crippen LogP) is 2.24. The van der Waals surface area contributed by atoms with E-state index in [-0.39, 0.29) is 5.69 Å². The maximum atomic E-state index is 12.1. The van der Waals surface area contributed by atoms with Crippen molar-refractivity contribution in [2.24, 2.45) is 0 Å². The van der Waals surface area contributed by atoms with Gasteiger partial charge in [-0.25, -0.2) is 0 Å². The standard InChI is InChI=1S/C12H14N2O3/c1-7-5-6-11(17-7)12-10(4)13(15)8(2)9(3)14(12)16/h5-6H,1-4H3. The fourth-order valence-electron chi connectivity index (χ4n) is 1.80. The molecule has 5 heteroatoms. The lowest BCUT2D eigenvalue weighted by Crippen LogP contribution is -2.28. The summed E-state index contributed by atoms with van der Waals surface area (Å²) in [6.07, 6.45) is 0. The average molecular weight is 234 g/mol. The molecular weight excluding hydrogens is 220 g/mol. The van der Waals surface area contributed by atoms with Gasteiger partial charge in [0.1, 0.15) is 5.76 Å². The van der Waals surface area contributed by atoms with Crippen LogP contribution in [-0.4, -0.2) is 4.73 Å². The number of nitrogens with zero attached hydrogens (tertiary/aromatic N) is 2. The van der Waals surface area contributed by atoms with Gasteiger partial charge in [0.05, 0.1) is 15.8 Å². The Morgan fingerprint density at radius 3 is 2.35 bits per heavy atom. The quantitative estimate of drug-likeness (QED) is 0.711. The van der Waals surface area contributed by atoms with E-state index in [1.165, 1.54) is 0 Å². The molecule has 0 aliphatic rings. The summed E-state index contributed by atoms with van der Waals surface area (Å²) in [5.41, 5.74) is 1.41. The second-order valence-electron chi connectivity index (χ2n) is 4.10. The lowest BCUT2D eigenvalue weighted by molar-refractivity contribution is -0.493. The van der Waals surface area contributed by atoms with E-state index in [2.05, 4.69) is 0 Å². The molecule has 0 unspecified atom stereocenters. The van der Waals surface area contributed by atoms with Crippen molar-refractivity contribution in [1.29, 1.82) is 0 Å². The van der Waals surface area contributed by atoms with Crippen LogP contribution < -0.4 is 4.43 Å². The van der Waals surface area contributed by atoms with Gasteiger partial charge in [0.25, 0.3) is 5.69 Å². The summed E-state index contributed by atoms with van der Waals surface area (Å²) in [7, 11) is 0. The zero-order chi connectivity index (χ0) is 12.7. The molecule has 5 nitrogen and oxygen atoms in total. The van der Waals surface area contributed by atoms with Crippen LogP contribution in [0.2, 0.25) is 0 Å². The Balaban J connectivity index is 2.83. The average Bonchev–Trinajstić information content (AvgIpc) is 2.71. The first-order valence-corrected chi connectivity index (χ1v) is 5.33. The topological polar surface area (TPSA) is 64.1 Å². The minimum absolute atomic E-state index is 0.274. The first-order chi connectivity index (χ1) is 7.93. The van der Waals surface area contributed by atoms with E-state index in [1.807, 2.05) is 0 Å². The van der Waals surface area contributed by atoms with Crippen LogP contribution in [0.5, 0.6) is 0 Å². The van der Waals surface area contributed by atoms with Gasteiger partial charge in [0.15, 0.2) is 0 Å². The van der Waals surface area contributed by atoms with Crippen LogP contribution in [0, 0.1) is 37.8 Å². The highest BCUT2D eigenvalue weighted by Gasteiger charge is 2.24. The highest BCUT2D eigenvalue weighted by molar-refractivity contribution is 5.52. The molecule has 0 amide bonds. The Morgan fingerprint density at radius 1 is 1.18 bits per heavy atom. The fraction of sp³-hybridized carbons (Fsp3) is 0.333. The van der Waals surface area contributed by atoms with Gasteiger partial charge in [-0.05, 0) is 32.9 Å². The predicted molar refractivity (Wildman–Crippen MR) is 63.2 cm³/mol. The lowest BCUT2D eigenvalue weighted by atomic mass is 10.2. The third-order valence-electron chi connectivity index (χ3n) is 2.96. The van der Waals surface area contributed by atoms with Crippen LogP contribution in [0.25, 0.3) is 11.5 Å². The van der Waals surface area contributed by atoms with E-state index in [9.17, 15) is 10.1 Å². The summed E-state index contributed by atoms with van der Waals surface area (Å²) in [6, 6.07) is 3.46. The van der Waals surface area contributed by atoms with Crippen molar-refractivity contribution in [1.82, 2.24) is 4.73 Å². The van der Waals surface area contributed by atoms with Crippen LogP contribution in [0.1, 0.15) is 22.8 Å². The van der Waals surface area contributed by atoms with Crippen LogP contribution in [0.3, 0.4) is 0 Å². The number of hydrogen-bond donors (Lipinski definition) is 0. The molecule has 0 saturated heterocycles. The summed E-state index contributed by atoms with van der Waals surface area (Å²) in [5, 5.41) is 11.9. The first kappa shape index (κ1) is 11.4. The van der Waals surface area contributed by atoms with Crippen LogP contribution >= 0.6 is 0 Å². The lowest BCUT2D eigenvalue weighted by Gasteiger charge is -2.17. The number of rotatable bonds is 1. The van der Waals surface area contributed by atoms with E-state index in [4.69, 9.17) is 4.42 Å². The Bertz CT molecular complexity index is 638. The third kappa shape index (κ3) is 1.63. The first-order valence-electron chi connectivity index (χ1n) is 5.33. The van der Waals surface area contributed by atoms with Gasteiger partial charge in [0.2, 0.25) is 5.76 Å². The SMILES string of the molecule is Cc1ccc(-c2c(C)n([O-])c(C)c(C)[n+]2=O)o1. The molecule has 0 N–H and O–H groups in total. The molecule has 0 saturated carbocycles. The van der Waals surface area contributed by atoms with E-state index in [0.717, 1.165) is 9.16 Å². The number of furan rings is 1. The zero-order valence-electron chi connectivity index (χ0n) is 10.3. The maximum Gasteiger partial charge on any atom is 0.323 e. The maximum absolute atomic E-state index is 12.1. The molecular formula is C12H14N2O3. The zero-order valence-corrected chi connectivity index (χ0v) is 10.3. The molecule has 2 rings (SSSR count). The minimum Gasteiger partial charge on any atom is -0.805 e. The fourth-order valence-corrected chi connectivity index (χ4v) is 1.80. The summed E-state index contributed by atoms with van der Waals surface area (Å²) in [4.78, 5) is 12.1. The smallest absolute Gasteiger partial charge is 0.323 e. The number of aryl methyl sites for hydroxylation is 1. The highest BCUT2D eigenvalue weighted by Crippen LogP contribution is 2.22. The number of aromatic nitrogens is 2. The second-order valence-corrected chi connectivity index (χ2v) is 4.10. The van der Waals surface area contributed by atoms with E-state index >= 15 is 0 Å². The molecule has 2 aromatic rings. The van der Waals surface area contributed by atoms with Crippen molar-refractivity contribution < 1.29 is 8.84 Å². The monoisotopic (exact) mass is 234 g/mol. The van der Waals surface area contributed by atoms with Gasteiger partial charge in [-0.3, -0.25) is 0 Å². The Hall–Kier alpha value is -2.04. The summed E-state index contributed by atoms with van der Waals surface area (Å²) in [5.74, 6) is 1.12. The highest BCUT2D eigenvalue weighted by atomic mass is 16.5. The molecule has 2 aromatic heterocycles. The van der Waals surface area contributed by atoms with Crippen molar-refractivity contribution in [2.75, 3.05) is 0 Å². The van der Waals surface area contributed by atoms with E-state index in [0.29, 0.717) is 28.6 Å². The molecule has 0 spiro atoms. The van der Waals surface area contributed by atoms with Crippen molar-refractivity contribution >= 4 is 0 Å². The summed E-state index contributed by atoms with van der Waals surface area (Å²) < 4.78 is 6.92. The van der Waals surface area contributed by atoms with E-state index < -0.39 is 0 Å². The van der Waals surface area contributed by atoms with Gasteiger partial charge in [0, 0.05) is 11.8 Å². The van der Waals surface area contributed by atoms with Crippen LogP contribution in [-0.2, 0) is 0 Å². The third-order valence-corrected chi connectivity index (χ3v) is 2.96. The van der Waals surface area contributed by atoms with E-state index in [1.54, 1.807) is 39.8 Å².